The first-order chi connectivity index (χ1) is 17.9. The molecule has 37 heavy (non-hydrogen) atoms. The fourth-order valence-corrected chi connectivity index (χ4v) is 3.75. The molecular weight excluding hydrogens is 474 g/mol. The second kappa shape index (κ2) is 13.4. The van der Waals surface area contributed by atoms with E-state index in [4.69, 9.17) is 29.8 Å². The fraction of sp³-hybridized carbons (Fsp3) is 0.179. The van der Waals surface area contributed by atoms with Gasteiger partial charge >= 0.3 is 11.9 Å². The molecule has 0 aliphatic rings. The zero-order chi connectivity index (χ0) is 26.6. The Morgan fingerprint density at radius 2 is 1.57 bits per heavy atom. The lowest BCUT2D eigenvalue weighted by Gasteiger charge is -2.20. The Morgan fingerprint density at radius 3 is 2.22 bits per heavy atom. The van der Waals surface area contributed by atoms with Gasteiger partial charge in [0.1, 0.15) is 18.5 Å². The molecule has 0 bridgehead atoms. The fourth-order valence-electron chi connectivity index (χ4n) is 3.75. The van der Waals surface area contributed by atoms with E-state index in [2.05, 4.69) is 65.0 Å². The van der Waals surface area contributed by atoms with Crippen molar-refractivity contribution in [1.29, 1.82) is 5.26 Å². The number of carboxylic acid groups (broad SMARTS) is 2. The number of aliphatic hydroxyl groups excluding tert-OH is 1. The van der Waals surface area contributed by atoms with Gasteiger partial charge in [0.25, 0.3) is 0 Å². The van der Waals surface area contributed by atoms with Gasteiger partial charge in [-0.05, 0) is 41.5 Å². The molecule has 2 atom stereocenters. The molecule has 9 heteroatoms. The standard InChI is InChI=1S/C26H25N3O2.C2H2O4/c27-14-19-10-12-22(13-11-19)31-18-21(30)15-28-16-24(20-6-2-1-3-7-20)25-17-29-26-9-5-4-8-23(25)26;3-1(4)2(5)6/h1-13,17,21,24,28-30H,15-16,18H2;(H,3,4)(H,5,6). The Labute approximate surface area is 213 Å². The molecular formula is C28H27N3O6. The molecule has 0 saturated heterocycles. The molecule has 1 heterocycles. The lowest BCUT2D eigenvalue weighted by molar-refractivity contribution is -0.159. The summed E-state index contributed by atoms with van der Waals surface area (Å²) in [6.45, 7) is 1.30. The molecule has 0 saturated carbocycles. The van der Waals surface area contributed by atoms with Gasteiger partial charge in [-0.3, -0.25) is 0 Å². The van der Waals surface area contributed by atoms with E-state index in [1.807, 2.05) is 12.1 Å². The summed E-state index contributed by atoms with van der Waals surface area (Å²) in [5.41, 5.74) is 4.16. The van der Waals surface area contributed by atoms with Crippen molar-refractivity contribution in [1.82, 2.24) is 10.3 Å². The molecule has 0 radical (unpaired) electrons. The number of carbonyl (C=O) groups is 2. The first-order valence-electron chi connectivity index (χ1n) is 11.5. The average Bonchev–Trinajstić information content (AvgIpc) is 3.35. The third kappa shape index (κ3) is 7.93. The molecule has 0 spiro atoms. The Kier molecular flexibility index (Phi) is 9.79. The number of nitriles is 1. The van der Waals surface area contributed by atoms with Crippen LogP contribution in [0.15, 0.2) is 85.1 Å². The number of aromatic amines is 1. The van der Waals surface area contributed by atoms with Crippen molar-refractivity contribution in [2.75, 3.05) is 19.7 Å². The molecule has 3 aromatic carbocycles. The second-order valence-corrected chi connectivity index (χ2v) is 8.12. The van der Waals surface area contributed by atoms with Crippen LogP contribution in [0.5, 0.6) is 5.75 Å². The summed E-state index contributed by atoms with van der Waals surface area (Å²) in [5, 5.41) is 38.6. The quantitative estimate of drug-likeness (QED) is 0.219. The highest BCUT2D eigenvalue weighted by Gasteiger charge is 2.18. The smallest absolute Gasteiger partial charge is 0.414 e. The van der Waals surface area contributed by atoms with Crippen LogP contribution in [0.3, 0.4) is 0 Å². The minimum Gasteiger partial charge on any atom is -0.491 e. The van der Waals surface area contributed by atoms with Gasteiger partial charge in [-0.1, -0.05) is 48.5 Å². The van der Waals surface area contributed by atoms with Gasteiger partial charge in [-0.15, -0.1) is 0 Å². The first kappa shape index (κ1) is 26.9. The predicted molar refractivity (Wildman–Crippen MR) is 137 cm³/mol. The lowest BCUT2D eigenvalue weighted by atomic mass is 9.91. The van der Waals surface area contributed by atoms with Crippen LogP contribution in [-0.4, -0.2) is 58.0 Å². The van der Waals surface area contributed by atoms with Crippen molar-refractivity contribution < 1.29 is 29.6 Å². The number of hydrogen-bond acceptors (Lipinski definition) is 6. The van der Waals surface area contributed by atoms with Crippen LogP contribution in [-0.2, 0) is 9.59 Å². The maximum Gasteiger partial charge on any atom is 0.414 e. The number of nitrogens with zero attached hydrogens (tertiary/aromatic N) is 1. The number of para-hydroxylation sites is 1. The van der Waals surface area contributed by atoms with E-state index in [0.29, 0.717) is 24.4 Å². The summed E-state index contributed by atoms with van der Waals surface area (Å²) in [7, 11) is 0. The molecule has 1 aromatic heterocycles. The summed E-state index contributed by atoms with van der Waals surface area (Å²) in [6.07, 6.45) is 1.43. The molecule has 190 valence electrons. The van der Waals surface area contributed by atoms with E-state index in [-0.39, 0.29) is 12.5 Å². The number of aromatic nitrogens is 1. The SMILES string of the molecule is N#Cc1ccc(OCC(O)CNCC(c2ccccc2)c2c[nH]c3ccccc23)cc1.O=C(O)C(=O)O. The largest absolute Gasteiger partial charge is 0.491 e. The van der Waals surface area contributed by atoms with Crippen LogP contribution in [0.25, 0.3) is 10.9 Å². The number of nitrogens with one attached hydrogen (secondary N) is 2. The Hall–Kier alpha value is -4.65. The monoisotopic (exact) mass is 501 g/mol. The third-order valence-electron chi connectivity index (χ3n) is 5.54. The van der Waals surface area contributed by atoms with Gasteiger partial charge in [-0.25, -0.2) is 9.59 Å². The molecule has 0 fully saturated rings. The first-order valence-corrected chi connectivity index (χ1v) is 11.5. The number of ether oxygens (including phenoxy) is 1. The molecule has 4 rings (SSSR count). The number of aliphatic carboxylic acids is 2. The van der Waals surface area contributed by atoms with Crippen LogP contribution < -0.4 is 10.1 Å². The van der Waals surface area contributed by atoms with E-state index in [1.54, 1.807) is 24.3 Å². The Bertz CT molecular complexity index is 1330. The van der Waals surface area contributed by atoms with Crippen molar-refractivity contribution in [2.45, 2.75) is 12.0 Å². The average molecular weight is 502 g/mol. The Morgan fingerprint density at radius 1 is 0.919 bits per heavy atom. The summed E-state index contributed by atoms with van der Waals surface area (Å²) in [6, 6.07) is 27.7. The van der Waals surface area contributed by atoms with Crippen LogP contribution in [0.2, 0.25) is 0 Å². The van der Waals surface area contributed by atoms with Crippen LogP contribution in [0.4, 0.5) is 0 Å². The third-order valence-corrected chi connectivity index (χ3v) is 5.54. The van der Waals surface area contributed by atoms with Crippen molar-refractivity contribution in [3.8, 4) is 11.8 Å². The molecule has 2 unspecified atom stereocenters. The maximum absolute atomic E-state index is 10.4. The number of hydrogen-bond donors (Lipinski definition) is 5. The predicted octanol–water partition coefficient (Wildman–Crippen LogP) is 3.36. The summed E-state index contributed by atoms with van der Waals surface area (Å²) < 4.78 is 5.63. The van der Waals surface area contributed by atoms with E-state index in [9.17, 15) is 5.11 Å². The van der Waals surface area contributed by atoms with Crippen molar-refractivity contribution in [3.05, 3.63) is 102 Å². The summed E-state index contributed by atoms with van der Waals surface area (Å²) in [4.78, 5) is 21.6. The molecule has 0 aliphatic heterocycles. The minimum atomic E-state index is -1.82. The topological polar surface area (TPSA) is 156 Å². The molecule has 0 aliphatic carbocycles. The van der Waals surface area contributed by atoms with E-state index in [0.717, 1.165) is 5.52 Å². The van der Waals surface area contributed by atoms with Gasteiger partial charge < -0.3 is 30.4 Å². The van der Waals surface area contributed by atoms with Gasteiger partial charge in [-0.2, -0.15) is 5.26 Å². The number of H-pyrrole nitrogens is 1. The molecule has 4 aromatic rings. The van der Waals surface area contributed by atoms with Crippen molar-refractivity contribution >= 4 is 22.8 Å². The zero-order valence-corrected chi connectivity index (χ0v) is 19.9. The summed E-state index contributed by atoms with van der Waals surface area (Å²) in [5.74, 6) is -2.85. The number of fused-ring (bicyclic) bond motifs is 1. The highest BCUT2D eigenvalue weighted by atomic mass is 16.5. The highest BCUT2D eigenvalue weighted by molar-refractivity contribution is 6.27. The number of carboxylic acids is 2. The van der Waals surface area contributed by atoms with Crippen LogP contribution in [0.1, 0.15) is 22.6 Å². The van der Waals surface area contributed by atoms with Gasteiger partial charge in [0.05, 0.1) is 11.6 Å². The van der Waals surface area contributed by atoms with Crippen molar-refractivity contribution in [3.63, 3.8) is 0 Å². The number of rotatable bonds is 9. The van der Waals surface area contributed by atoms with Gasteiger partial charge in [0, 0.05) is 36.1 Å². The van der Waals surface area contributed by atoms with Gasteiger partial charge in [0.15, 0.2) is 0 Å². The van der Waals surface area contributed by atoms with Crippen molar-refractivity contribution in [2.24, 2.45) is 0 Å². The second-order valence-electron chi connectivity index (χ2n) is 8.12. The number of benzene rings is 3. The highest BCUT2D eigenvalue weighted by Crippen LogP contribution is 2.30. The maximum atomic E-state index is 10.4. The summed E-state index contributed by atoms with van der Waals surface area (Å²) >= 11 is 0. The Balaban J connectivity index is 0.000000568. The number of aliphatic hydroxyl groups is 1. The minimum absolute atomic E-state index is 0.156. The van der Waals surface area contributed by atoms with E-state index >= 15 is 0 Å². The van der Waals surface area contributed by atoms with E-state index in [1.165, 1.54) is 16.5 Å². The van der Waals surface area contributed by atoms with E-state index < -0.39 is 18.0 Å². The van der Waals surface area contributed by atoms with Crippen LogP contribution in [0, 0.1) is 11.3 Å². The molecule has 5 N–H and O–H groups in total. The molecule has 9 nitrogen and oxygen atoms in total. The van der Waals surface area contributed by atoms with Gasteiger partial charge in [0.2, 0.25) is 0 Å². The lowest BCUT2D eigenvalue weighted by Crippen LogP contribution is -2.34. The van der Waals surface area contributed by atoms with Crippen LogP contribution >= 0.6 is 0 Å². The normalized spacial score (nSPS) is 12.0. The molecule has 0 amide bonds. The zero-order valence-electron chi connectivity index (χ0n) is 19.9.